The molecule has 0 unspecified atom stereocenters. The van der Waals surface area contributed by atoms with Crippen LogP contribution in [0, 0.1) is 0 Å². The normalized spacial score (nSPS) is 13.5. The number of anilines is 1. The van der Waals surface area contributed by atoms with Crippen molar-refractivity contribution >= 4 is 23.6 Å². The first-order chi connectivity index (χ1) is 14.7. The minimum atomic E-state index is -4.60. The third-order valence-corrected chi connectivity index (χ3v) is 4.45. The van der Waals surface area contributed by atoms with Gasteiger partial charge >= 0.3 is 6.18 Å². The fourth-order valence-corrected chi connectivity index (χ4v) is 2.90. The summed E-state index contributed by atoms with van der Waals surface area (Å²) in [5.41, 5.74) is -0.607. The summed E-state index contributed by atoms with van der Waals surface area (Å²) in [4.78, 5) is 25.5. The van der Waals surface area contributed by atoms with E-state index in [1.165, 1.54) is 25.3 Å². The highest BCUT2D eigenvalue weighted by molar-refractivity contribution is 5.98. The molecule has 3 rings (SSSR count). The molecular formula is C22H21F3N2O4. The molecular weight excluding hydrogens is 413 g/mol. The second-order valence-electron chi connectivity index (χ2n) is 6.88. The largest absolute Gasteiger partial charge is 0.490 e. The summed E-state index contributed by atoms with van der Waals surface area (Å²) in [6.07, 6.45) is -0.990. The number of nitrogens with zero attached hydrogens (tertiary/aromatic N) is 1. The maximum absolute atomic E-state index is 13.0. The number of para-hydroxylation sites is 1. The van der Waals surface area contributed by atoms with E-state index in [4.69, 9.17) is 9.47 Å². The molecule has 164 valence electrons. The Morgan fingerprint density at radius 1 is 1.10 bits per heavy atom. The fraction of sp³-hybridized carbons (Fsp3) is 0.273. The molecule has 0 atom stereocenters. The van der Waals surface area contributed by atoms with Gasteiger partial charge in [0.2, 0.25) is 11.8 Å². The summed E-state index contributed by atoms with van der Waals surface area (Å²) in [7, 11) is 1.38. The van der Waals surface area contributed by atoms with Gasteiger partial charge in [-0.05, 0) is 35.9 Å². The average molecular weight is 434 g/mol. The Morgan fingerprint density at radius 3 is 2.55 bits per heavy atom. The maximum Gasteiger partial charge on any atom is 0.418 e. The molecule has 2 aromatic carbocycles. The Bertz CT molecular complexity index is 989. The summed E-state index contributed by atoms with van der Waals surface area (Å²) < 4.78 is 50.3. The van der Waals surface area contributed by atoms with E-state index in [9.17, 15) is 22.8 Å². The molecule has 31 heavy (non-hydrogen) atoms. The van der Waals surface area contributed by atoms with Crippen molar-refractivity contribution in [1.82, 2.24) is 4.90 Å². The molecule has 0 spiro atoms. The van der Waals surface area contributed by atoms with Gasteiger partial charge in [-0.3, -0.25) is 9.59 Å². The Morgan fingerprint density at radius 2 is 1.81 bits per heavy atom. The number of amides is 2. The Kier molecular flexibility index (Phi) is 6.84. The predicted molar refractivity (Wildman–Crippen MR) is 109 cm³/mol. The first-order valence-electron chi connectivity index (χ1n) is 9.53. The van der Waals surface area contributed by atoms with Crippen molar-refractivity contribution in [3.05, 3.63) is 59.7 Å². The smallest absolute Gasteiger partial charge is 0.418 e. The fourth-order valence-electron chi connectivity index (χ4n) is 2.90. The highest BCUT2D eigenvalue weighted by Gasteiger charge is 2.33. The zero-order valence-electron chi connectivity index (χ0n) is 16.7. The summed E-state index contributed by atoms with van der Waals surface area (Å²) in [5, 5.41) is 2.21. The van der Waals surface area contributed by atoms with Gasteiger partial charge in [-0.2, -0.15) is 13.2 Å². The molecule has 0 radical (unpaired) electrons. The Labute approximate surface area is 177 Å². The van der Waals surface area contributed by atoms with Crippen molar-refractivity contribution in [3.8, 4) is 11.5 Å². The van der Waals surface area contributed by atoms with Crippen LogP contribution in [0.1, 0.15) is 17.5 Å². The van der Waals surface area contributed by atoms with Gasteiger partial charge in [0.15, 0.2) is 11.5 Å². The highest BCUT2D eigenvalue weighted by atomic mass is 19.4. The van der Waals surface area contributed by atoms with Crippen LogP contribution in [0.25, 0.3) is 6.08 Å². The number of halogens is 3. The molecule has 1 N–H and O–H groups in total. The average Bonchev–Trinajstić information content (AvgIpc) is 2.96. The number of benzene rings is 2. The Hall–Kier alpha value is -3.49. The quantitative estimate of drug-likeness (QED) is 0.723. The van der Waals surface area contributed by atoms with Crippen LogP contribution in [0.3, 0.4) is 0 Å². The van der Waals surface area contributed by atoms with Crippen LogP contribution in [0.15, 0.2) is 48.5 Å². The first-order valence-corrected chi connectivity index (χ1v) is 9.53. The van der Waals surface area contributed by atoms with Crippen molar-refractivity contribution < 1.29 is 32.2 Å². The monoisotopic (exact) mass is 434 g/mol. The van der Waals surface area contributed by atoms with Crippen molar-refractivity contribution in [2.24, 2.45) is 0 Å². The van der Waals surface area contributed by atoms with E-state index in [0.717, 1.165) is 23.5 Å². The third-order valence-electron chi connectivity index (χ3n) is 4.45. The molecule has 0 saturated carbocycles. The zero-order chi connectivity index (χ0) is 22.4. The summed E-state index contributed by atoms with van der Waals surface area (Å²) in [6.45, 7) is 0.700. The summed E-state index contributed by atoms with van der Waals surface area (Å²) in [5.74, 6) is -0.0000349. The lowest BCUT2D eigenvalue weighted by Gasteiger charge is -2.17. The molecule has 0 aliphatic carbocycles. The summed E-state index contributed by atoms with van der Waals surface area (Å²) in [6, 6.07) is 9.91. The van der Waals surface area contributed by atoms with Crippen LogP contribution < -0.4 is 14.8 Å². The van der Waals surface area contributed by atoms with E-state index in [-0.39, 0.29) is 5.69 Å². The number of rotatable bonds is 5. The van der Waals surface area contributed by atoms with E-state index >= 15 is 0 Å². The van der Waals surface area contributed by atoms with Gasteiger partial charge in [-0.1, -0.05) is 18.2 Å². The van der Waals surface area contributed by atoms with E-state index in [1.807, 2.05) is 0 Å². The van der Waals surface area contributed by atoms with Crippen molar-refractivity contribution in [3.63, 3.8) is 0 Å². The first kappa shape index (κ1) is 22.2. The lowest BCUT2D eigenvalue weighted by molar-refractivity contribution is -0.137. The molecule has 0 bridgehead atoms. The van der Waals surface area contributed by atoms with Crippen molar-refractivity contribution in [1.29, 1.82) is 0 Å². The van der Waals surface area contributed by atoms with E-state index in [2.05, 4.69) is 5.32 Å². The van der Waals surface area contributed by atoms with Gasteiger partial charge in [0.25, 0.3) is 0 Å². The van der Waals surface area contributed by atoms with Gasteiger partial charge < -0.3 is 19.7 Å². The zero-order valence-corrected chi connectivity index (χ0v) is 16.7. The molecule has 0 saturated heterocycles. The lowest BCUT2D eigenvalue weighted by atomic mass is 10.1. The van der Waals surface area contributed by atoms with Gasteiger partial charge in [0.1, 0.15) is 0 Å². The Balaban J connectivity index is 1.60. The number of hydrogen-bond donors (Lipinski definition) is 1. The number of carbonyl (C=O) groups excluding carboxylic acids is 2. The third kappa shape index (κ3) is 6.00. The van der Waals surface area contributed by atoms with Crippen LogP contribution in [0.5, 0.6) is 11.5 Å². The van der Waals surface area contributed by atoms with Gasteiger partial charge in [-0.15, -0.1) is 0 Å². The second kappa shape index (κ2) is 9.55. The number of nitrogens with one attached hydrogen (secondary N) is 1. The maximum atomic E-state index is 13.0. The number of alkyl halides is 3. The lowest BCUT2D eigenvalue weighted by Crippen LogP contribution is -2.34. The van der Waals surface area contributed by atoms with E-state index in [1.54, 1.807) is 24.3 Å². The van der Waals surface area contributed by atoms with Crippen molar-refractivity contribution in [2.75, 3.05) is 32.1 Å². The standard InChI is InChI=1S/C22H21F3N2O4/c1-27(14-20(28)26-17-6-3-2-5-16(17)22(23,24)25)21(29)10-8-15-7-9-18-19(13-15)31-12-4-11-30-18/h2-3,5-10,13H,4,11-12,14H2,1H3,(H,26,28). The van der Waals surface area contributed by atoms with Crippen LogP contribution in [0.4, 0.5) is 18.9 Å². The predicted octanol–water partition coefficient (Wildman–Crippen LogP) is 3.98. The van der Waals surface area contributed by atoms with E-state index in [0.29, 0.717) is 30.3 Å². The number of fused-ring (bicyclic) bond motifs is 1. The molecule has 0 fully saturated rings. The SMILES string of the molecule is CN(CC(=O)Nc1ccccc1C(F)(F)F)C(=O)C=Cc1ccc2c(c1)OCCCO2. The molecule has 1 aliphatic rings. The molecule has 9 heteroatoms. The number of ether oxygens (including phenoxy) is 2. The molecule has 6 nitrogen and oxygen atoms in total. The van der Waals surface area contributed by atoms with Gasteiger partial charge in [-0.25, -0.2) is 0 Å². The molecule has 1 heterocycles. The molecule has 1 aliphatic heterocycles. The van der Waals surface area contributed by atoms with Gasteiger partial charge in [0.05, 0.1) is 31.0 Å². The topological polar surface area (TPSA) is 67.9 Å². The van der Waals surface area contributed by atoms with E-state index < -0.39 is 30.1 Å². The second-order valence-corrected chi connectivity index (χ2v) is 6.88. The molecule has 2 amide bonds. The minimum absolute atomic E-state index is 0.358. The van der Waals surface area contributed by atoms with Crippen LogP contribution in [0.2, 0.25) is 0 Å². The van der Waals surface area contributed by atoms with Crippen molar-refractivity contribution in [2.45, 2.75) is 12.6 Å². The van der Waals surface area contributed by atoms with Crippen LogP contribution in [-0.4, -0.2) is 43.5 Å². The van der Waals surface area contributed by atoms with Crippen LogP contribution in [-0.2, 0) is 15.8 Å². The molecule has 0 aromatic heterocycles. The summed E-state index contributed by atoms with van der Waals surface area (Å²) >= 11 is 0. The minimum Gasteiger partial charge on any atom is -0.490 e. The highest BCUT2D eigenvalue weighted by Crippen LogP contribution is 2.34. The number of hydrogen-bond acceptors (Lipinski definition) is 4. The number of carbonyl (C=O) groups is 2. The number of likely N-dealkylation sites (N-methyl/N-ethyl adjacent to an activating group) is 1. The van der Waals surface area contributed by atoms with Crippen LogP contribution >= 0.6 is 0 Å². The van der Waals surface area contributed by atoms with Gasteiger partial charge in [0, 0.05) is 19.5 Å². The molecule has 2 aromatic rings.